The number of benzene rings is 1. The third-order valence-electron chi connectivity index (χ3n) is 2.90. The highest BCUT2D eigenvalue weighted by atomic mass is 16.5. The topological polar surface area (TPSA) is 81.9 Å². The van der Waals surface area contributed by atoms with E-state index in [9.17, 15) is 9.59 Å². The van der Waals surface area contributed by atoms with Gasteiger partial charge in [-0.05, 0) is 31.5 Å². The van der Waals surface area contributed by atoms with Crippen LogP contribution in [0.25, 0.3) is 0 Å². The highest BCUT2D eigenvalue weighted by Gasteiger charge is 2.21. The highest BCUT2D eigenvalue weighted by Crippen LogP contribution is 2.21. The lowest BCUT2D eigenvalue weighted by molar-refractivity contribution is -0.143. The molecule has 1 rings (SSSR count). The monoisotopic (exact) mass is 294 g/mol. The summed E-state index contributed by atoms with van der Waals surface area (Å²) >= 11 is 0. The van der Waals surface area contributed by atoms with Crippen molar-refractivity contribution in [2.45, 2.75) is 20.3 Å². The van der Waals surface area contributed by atoms with Crippen LogP contribution in [0.3, 0.4) is 0 Å². The molecule has 0 bridgehead atoms. The zero-order valence-corrected chi connectivity index (χ0v) is 12.7. The van der Waals surface area contributed by atoms with Gasteiger partial charge in [0.1, 0.15) is 12.3 Å². The molecule has 0 radical (unpaired) electrons. The van der Waals surface area contributed by atoms with Gasteiger partial charge < -0.3 is 20.1 Å². The molecule has 0 spiro atoms. The fourth-order valence-corrected chi connectivity index (χ4v) is 1.90. The zero-order chi connectivity index (χ0) is 15.8. The summed E-state index contributed by atoms with van der Waals surface area (Å²) in [5, 5.41) is 0. The first-order valence-corrected chi connectivity index (χ1v) is 6.91. The SMILES string of the molecule is CCCN(CC(=O)OCC)C(=O)c1cc(OC)ccc1N. The molecule has 116 valence electrons. The van der Waals surface area contributed by atoms with Crippen LogP contribution in [0.1, 0.15) is 30.6 Å². The van der Waals surface area contributed by atoms with Crippen LogP contribution in [-0.4, -0.2) is 43.6 Å². The normalized spacial score (nSPS) is 10.0. The summed E-state index contributed by atoms with van der Waals surface area (Å²) in [6, 6.07) is 4.87. The Balaban J connectivity index is 2.97. The molecule has 0 aliphatic rings. The predicted octanol–water partition coefficient (Wildman–Crippen LogP) is 1.69. The lowest BCUT2D eigenvalue weighted by Crippen LogP contribution is -2.37. The lowest BCUT2D eigenvalue weighted by Gasteiger charge is -2.22. The number of rotatable bonds is 7. The van der Waals surface area contributed by atoms with Crippen molar-refractivity contribution in [2.24, 2.45) is 0 Å². The van der Waals surface area contributed by atoms with E-state index in [2.05, 4.69) is 0 Å². The maximum Gasteiger partial charge on any atom is 0.325 e. The van der Waals surface area contributed by atoms with E-state index >= 15 is 0 Å². The molecule has 1 aromatic carbocycles. The van der Waals surface area contributed by atoms with Crippen molar-refractivity contribution < 1.29 is 19.1 Å². The number of methoxy groups -OCH3 is 1. The number of carbonyl (C=O) groups is 2. The molecule has 2 N–H and O–H groups in total. The molecule has 0 aliphatic carbocycles. The van der Waals surface area contributed by atoms with Crippen molar-refractivity contribution in [1.29, 1.82) is 0 Å². The van der Waals surface area contributed by atoms with Crippen LogP contribution in [0.2, 0.25) is 0 Å². The molecule has 0 atom stereocenters. The van der Waals surface area contributed by atoms with E-state index in [0.717, 1.165) is 6.42 Å². The molecule has 6 nitrogen and oxygen atoms in total. The van der Waals surface area contributed by atoms with Gasteiger partial charge in [-0.25, -0.2) is 0 Å². The lowest BCUT2D eigenvalue weighted by atomic mass is 10.1. The second kappa shape index (κ2) is 8.14. The Morgan fingerprint density at radius 1 is 1.29 bits per heavy atom. The average Bonchev–Trinajstić information content (AvgIpc) is 2.47. The Bertz CT molecular complexity index is 502. The van der Waals surface area contributed by atoms with Gasteiger partial charge in [-0.3, -0.25) is 9.59 Å². The van der Waals surface area contributed by atoms with Crippen molar-refractivity contribution in [2.75, 3.05) is 32.5 Å². The molecule has 6 heteroatoms. The fraction of sp³-hybridized carbons (Fsp3) is 0.467. The Morgan fingerprint density at radius 2 is 2.00 bits per heavy atom. The van der Waals surface area contributed by atoms with E-state index in [4.69, 9.17) is 15.2 Å². The highest BCUT2D eigenvalue weighted by molar-refractivity contribution is 6.00. The minimum Gasteiger partial charge on any atom is -0.497 e. The number of nitrogens with two attached hydrogens (primary N) is 1. The van der Waals surface area contributed by atoms with Gasteiger partial charge in [0.2, 0.25) is 0 Å². The molecule has 0 aromatic heterocycles. The third kappa shape index (κ3) is 4.66. The van der Waals surface area contributed by atoms with Crippen LogP contribution in [0.15, 0.2) is 18.2 Å². The molecule has 21 heavy (non-hydrogen) atoms. The predicted molar refractivity (Wildman–Crippen MR) is 80.2 cm³/mol. The van der Waals surface area contributed by atoms with Gasteiger partial charge in [0.05, 0.1) is 19.3 Å². The van der Waals surface area contributed by atoms with Crippen LogP contribution in [0.5, 0.6) is 5.75 Å². The van der Waals surface area contributed by atoms with Gasteiger partial charge >= 0.3 is 5.97 Å². The van der Waals surface area contributed by atoms with Gasteiger partial charge in [0.25, 0.3) is 5.91 Å². The van der Waals surface area contributed by atoms with Gasteiger partial charge in [0.15, 0.2) is 0 Å². The Hall–Kier alpha value is -2.24. The smallest absolute Gasteiger partial charge is 0.325 e. The summed E-state index contributed by atoms with van der Waals surface area (Å²) in [5.41, 5.74) is 6.53. The summed E-state index contributed by atoms with van der Waals surface area (Å²) in [7, 11) is 1.52. The standard InChI is InChI=1S/C15H22N2O4/c1-4-8-17(10-14(18)21-5-2)15(19)12-9-11(20-3)6-7-13(12)16/h6-7,9H,4-5,8,10,16H2,1-3H3. The number of esters is 1. The van der Waals surface area contributed by atoms with Gasteiger partial charge in [0, 0.05) is 12.2 Å². The number of carbonyl (C=O) groups excluding carboxylic acids is 2. The van der Waals surface area contributed by atoms with Crippen LogP contribution in [0, 0.1) is 0 Å². The van der Waals surface area contributed by atoms with Gasteiger partial charge in [-0.1, -0.05) is 6.92 Å². The number of amides is 1. The minimum atomic E-state index is -0.430. The third-order valence-corrected chi connectivity index (χ3v) is 2.90. The van der Waals surface area contributed by atoms with E-state index < -0.39 is 5.97 Å². The maximum atomic E-state index is 12.5. The van der Waals surface area contributed by atoms with E-state index in [1.54, 1.807) is 25.1 Å². The van der Waals surface area contributed by atoms with E-state index in [0.29, 0.717) is 23.5 Å². The average molecular weight is 294 g/mol. The molecule has 0 saturated carbocycles. The fourth-order valence-electron chi connectivity index (χ4n) is 1.90. The summed E-state index contributed by atoms with van der Waals surface area (Å²) in [5.74, 6) is -0.192. The Labute approximate surface area is 124 Å². The first kappa shape index (κ1) is 16.8. The summed E-state index contributed by atoms with van der Waals surface area (Å²) in [6.45, 7) is 4.31. The Morgan fingerprint density at radius 3 is 2.57 bits per heavy atom. The summed E-state index contributed by atoms with van der Waals surface area (Å²) in [6.07, 6.45) is 0.731. The first-order chi connectivity index (χ1) is 10.0. The largest absolute Gasteiger partial charge is 0.497 e. The maximum absolute atomic E-state index is 12.5. The van der Waals surface area contributed by atoms with Crippen molar-refractivity contribution in [1.82, 2.24) is 4.90 Å². The number of anilines is 1. The van der Waals surface area contributed by atoms with Crippen LogP contribution in [0.4, 0.5) is 5.69 Å². The zero-order valence-electron chi connectivity index (χ0n) is 12.7. The van der Waals surface area contributed by atoms with Crippen LogP contribution >= 0.6 is 0 Å². The number of hydrogen-bond acceptors (Lipinski definition) is 5. The molecule has 0 heterocycles. The van der Waals surface area contributed by atoms with Crippen LogP contribution < -0.4 is 10.5 Å². The number of ether oxygens (including phenoxy) is 2. The summed E-state index contributed by atoms with van der Waals surface area (Å²) in [4.78, 5) is 25.6. The molecular weight excluding hydrogens is 272 g/mol. The molecular formula is C15H22N2O4. The summed E-state index contributed by atoms with van der Waals surface area (Å²) < 4.78 is 9.99. The second-order valence-electron chi connectivity index (χ2n) is 4.48. The Kier molecular flexibility index (Phi) is 6.52. The van der Waals surface area contributed by atoms with Crippen molar-refractivity contribution >= 4 is 17.6 Å². The number of nitrogen functional groups attached to an aromatic ring is 1. The van der Waals surface area contributed by atoms with E-state index in [-0.39, 0.29) is 19.1 Å². The van der Waals surface area contributed by atoms with Crippen molar-refractivity contribution in [3.8, 4) is 5.75 Å². The second-order valence-corrected chi connectivity index (χ2v) is 4.48. The van der Waals surface area contributed by atoms with Gasteiger partial charge in [-0.2, -0.15) is 0 Å². The molecule has 1 aromatic rings. The van der Waals surface area contributed by atoms with Crippen molar-refractivity contribution in [3.05, 3.63) is 23.8 Å². The number of nitrogens with zero attached hydrogens (tertiary/aromatic N) is 1. The van der Waals surface area contributed by atoms with Crippen molar-refractivity contribution in [3.63, 3.8) is 0 Å². The number of hydrogen-bond donors (Lipinski definition) is 1. The van der Waals surface area contributed by atoms with E-state index in [1.807, 2.05) is 6.92 Å². The molecule has 0 saturated heterocycles. The first-order valence-electron chi connectivity index (χ1n) is 6.91. The molecule has 0 fully saturated rings. The molecule has 0 aliphatic heterocycles. The molecule has 1 amide bonds. The van der Waals surface area contributed by atoms with Gasteiger partial charge in [-0.15, -0.1) is 0 Å². The van der Waals surface area contributed by atoms with E-state index in [1.165, 1.54) is 12.0 Å². The quantitative estimate of drug-likeness (QED) is 0.611. The van der Waals surface area contributed by atoms with Crippen LogP contribution in [-0.2, 0) is 9.53 Å². The minimum absolute atomic E-state index is 0.0861. The molecule has 0 unspecified atom stereocenters.